The van der Waals surface area contributed by atoms with Gasteiger partial charge in [-0.1, -0.05) is 13.8 Å². The van der Waals surface area contributed by atoms with Gasteiger partial charge in [-0.2, -0.15) is 0 Å². The Balaban J connectivity index is 5.53. The molecule has 0 bridgehead atoms. The summed E-state index contributed by atoms with van der Waals surface area (Å²) in [5, 5.41) is 25.2. The quantitative estimate of drug-likeness (QED) is 0.0935. The lowest BCUT2D eigenvalue weighted by molar-refractivity contribution is -0.142. The van der Waals surface area contributed by atoms with E-state index in [1.807, 2.05) is 13.8 Å². The molecule has 0 rings (SSSR count). The number of carbonyl (C=O) groups is 6. The van der Waals surface area contributed by atoms with Crippen molar-refractivity contribution in [1.29, 1.82) is 0 Å². The van der Waals surface area contributed by atoms with Crippen molar-refractivity contribution in [3.05, 3.63) is 0 Å². The van der Waals surface area contributed by atoms with E-state index in [-0.39, 0.29) is 18.8 Å². The number of aliphatic carboxylic acids is 2. The molecule has 0 aromatic rings. The summed E-state index contributed by atoms with van der Waals surface area (Å²) in [7, 11) is 0. The molecule has 14 heteroatoms. The number of amides is 4. The lowest BCUT2D eigenvalue weighted by Crippen LogP contribution is -2.57. The van der Waals surface area contributed by atoms with E-state index < -0.39 is 72.6 Å². The number of hydrogen-bond acceptors (Lipinski definition) is 8. The molecule has 4 amide bonds. The molecular formula is C21H38N6O8. The maximum Gasteiger partial charge on any atom is 0.326 e. The second-order valence-electron chi connectivity index (χ2n) is 8.65. The minimum Gasteiger partial charge on any atom is -0.481 e. The molecule has 200 valence electrons. The van der Waals surface area contributed by atoms with Gasteiger partial charge in [0.25, 0.3) is 0 Å². The van der Waals surface area contributed by atoms with Gasteiger partial charge < -0.3 is 43.4 Å². The average Bonchev–Trinajstić information content (AvgIpc) is 2.73. The fourth-order valence-corrected chi connectivity index (χ4v) is 3.14. The van der Waals surface area contributed by atoms with Gasteiger partial charge in [0, 0.05) is 6.42 Å². The average molecular weight is 503 g/mol. The van der Waals surface area contributed by atoms with Gasteiger partial charge in [0.05, 0.1) is 12.5 Å². The number of nitrogens with two attached hydrogens (primary N) is 3. The highest BCUT2D eigenvalue weighted by Crippen LogP contribution is 2.07. The number of primary amides is 1. The monoisotopic (exact) mass is 502 g/mol. The number of rotatable bonds is 18. The number of carbonyl (C=O) groups excluding carboxylic acids is 4. The lowest BCUT2D eigenvalue weighted by Gasteiger charge is -2.25. The van der Waals surface area contributed by atoms with E-state index in [0.717, 1.165) is 0 Å². The Morgan fingerprint density at radius 3 is 1.83 bits per heavy atom. The van der Waals surface area contributed by atoms with Crippen LogP contribution in [-0.4, -0.2) is 76.5 Å². The maximum absolute atomic E-state index is 12.8. The summed E-state index contributed by atoms with van der Waals surface area (Å²) in [5.74, 6) is -6.03. The highest BCUT2D eigenvalue weighted by Gasteiger charge is 2.31. The second kappa shape index (κ2) is 16.4. The van der Waals surface area contributed by atoms with Gasteiger partial charge in [-0.25, -0.2) is 4.79 Å². The largest absolute Gasteiger partial charge is 0.481 e. The van der Waals surface area contributed by atoms with Gasteiger partial charge in [0.1, 0.15) is 18.1 Å². The van der Waals surface area contributed by atoms with Crippen LogP contribution in [0.3, 0.4) is 0 Å². The van der Waals surface area contributed by atoms with Crippen LogP contribution in [0.1, 0.15) is 58.8 Å². The van der Waals surface area contributed by atoms with Crippen LogP contribution in [0.15, 0.2) is 0 Å². The van der Waals surface area contributed by atoms with E-state index in [4.69, 9.17) is 22.3 Å². The summed E-state index contributed by atoms with van der Waals surface area (Å²) in [6.07, 6.45) is -0.118. The molecule has 0 saturated heterocycles. The van der Waals surface area contributed by atoms with Crippen LogP contribution in [0, 0.1) is 5.92 Å². The first-order chi connectivity index (χ1) is 16.3. The first kappa shape index (κ1) is 31.7. The third-order valence-electron chi connectivity index (χ3n) is 4.94. The molecular weight excluding hydrogens is 464 g/mol. The Bertz CT molecular complexity index is 760. The van der Waals surface area contributed by atoms with Crippen LogP contribution in [0.4, 0.5) is 0 Å². The van der Waals surface area contributed by atoms with E-state index in [1.54, 1.807) is 0 Å². The lowest BCUT2D eigenvalue weighted by atomic mass is 10.0. The van der Waals surface area contributed by atoms with Crippen molar-refractivity contribution < 1.29 is 39.0 Å². The zero-order valence-corrected chi connectivity index (χ0v) is 20.1. The van der Waals surface area contributed by atoms with Gasteiger partial charge in [-0.05, 0) is 44.6 Å². The van der Waals surface area contributed by atoms with E-state index in [9.17, 15) is 33.9 Å². The minimum absolute atomic E-state index is 0.0700. The number of carboxylic acid groups (broad SMARTS) is 2. The molecule has 4 unspecified atom stereocenters. The summed E-state index contributed by atoms with van der Waals surface area (Å²) >= 11 is 0. The van der Waals surface area contributed by atoms with Crippen molar-refractivity contribution >= 4 is 35.6 Å². The molecule has 0 radical (unpaired) electrons. The van der Waals surface area contributed by atoms with E-state index in [0.29, 0.717) is 25.8 Å². The van der Waals surface area contributed by atoms with Crippen molar-refractivity contribution in [2.75, 3.05) is 6.54 Å². The van der Waals surface area contributed by atoms with Crippen molar-refractivity contribution in [3.8, 4) is 0 Å². The number of nitrogens with one attached hydrogen (secondary N) is 3. The SMILES string of the molecule is CC(C)CC(N)C(=O)NC(CCC(=O)O)C(=O)NC(CC(N)=O)C(=O)NC(CCCCN)C(=O)O. The maximum atomic E-state index is 12.8. The molecule has 0 aliphatic rings. The van der Waals surface area contributed by atoms with Crippen LogP contribution in [0.25, 0.3) is 0 Å². The smallest absolute Gasteiger partial charge is 0.326 e. The highest BCUT2D eigenvalue weighted by atomic mass is 16.4. The molecule has 11 N–H and O–H groups in total. The molecule has 14 nitrogen and oxygen atoms in total. The number of unbranched alkanes of at least 4 members (excludes halogenated alkanes) is 1. The Labute approximate surface area is 203 Å². The van der Waals surface area contributed by atoms with Gasteiger partial charge in [-0.3, -0.25) is 24.0 Å². The Morgan fingerprint density at radius 2 is 1.34 bits per heavy atom. The molecule has 0 spiro atoms. The molecule has 0 aromatic heterocycles. The van der Waals surface area contributed by atoms with Crippen LogP contribution < -0.4 is 33.2 Å². The Kier molecular flexibility index (Phi) is 14.9. The van der Waals surface area contributed by atoms with Gasteiger partial charge in [-0.15, -0.1) is 0 Å². The summed E-state index contributed by atoms with van der Waals surface area (Å²) in [5.41, 5.74) is 16.4. The molecule has 0 saturated carbocycles. The predicted molar refractivity (Wildman–Crippen MR) is 124 cm³/mol. The Morgan fingerprint density at radius 1 is 0.800 bits per heavy atom. The number of hydrogen-bond donors (Lipinski definition) is 8. The fourth-order valence-electron chi connectivity index (χ4n) is 3.14. The predicted octanol–water partition coefficient (Wildman–Crippen LogP) is -2.23. The van der Waals surface area contributed by atoms with Crippen molar-refractivity contribution in [1.82, 2.24) is 16.0 Å². The van der Waals surface area contributed by atoms with E-state index in [2.05, 4.69) is 16.0 Å². The minimum atomic E-state index is -1.55. The number of carboxylic acids is 2. The fraction of sp³-hybridized carbons (Fsp3) is 0.714. The third-order valence-corrected chi connectivity index (χ3v) is 4.94. The van der Waals surface area contributed by atoms with Crippen molar-refractivity contribution in [2.24, 2.45) is 23.1 Å². The van der Waals surface area contributed by atoms with E-state index >= 15 is 0 Å². The zero-order valence-electron chi connectivity index (χ0n) is 20.1. The van der Waals surface area contributed by atoms with Crippen LogP contribution >= 0.6 is 0 Å². The summed E-state index contributed by atoms with van der Waals surface area (Å²) < 4.78 is 0. The van der Waals surface area contributed by atoms with Gasteiger partial charge in [0.15, 0.2) is 0 Å². The van der Waals surface area contributed by atoms with Crippen molar-refractivity contribution in [3.63, 3.8) is 0 Å². The van der Waals surface area contributed by atoms with Gasteiger partial charge in [0.2, 0.25) is 23.6 Å². The molecule has 35 heavy (non-hydrogen) atoms. The Hall–Kier alpha value is -3.26. The highest BCUT2D eigenvalue weighted by molar-refractivity contribution is 5.96. The molecule has 0 aliphatic heterocycles. The van der Waals surface area contributed by atoms with Gasteiger partial charge >= 0.3 is 11.9 Å². The first-order valence-corrected chi connectivity index (χ1v) is 11.4. The van der Waals surface area contributed by atoms with Crippen molar-refractivity contribution in [2.45, 2.75) is 83.0 Å². The standard InChI is InChI=1S/C21H38N6O8/c1-11(2)9-12(23)18(31)25-13(6-7-17(29)30)19(32)27-15(10-16(24)28)20(33)26-14(21(34)35)5-3-4-8-22/h11-15H,3-10,22-23H2,1-2H3,(H2,24,28)(H,25,31)(H,26,33)(H,27,32)(H,29,30)(H,34,35). The summed E-state index contributed by atoms with van der Waals surface area (Å²) in [6, 6.07) is -5.17. The second-order valence-corrected chi connectivity index (χ2v) is 8.65. The normalized spacial score (nSPS) is 14.3. The molecule has 0 fully saturated rings. The molecule has 0 aliphatic carbocycles. The molecule has 0 heterocycles. The van der Waals surface area contributed by atoms with Crippen LogP contribution in [-0.2, 0) is 28.8 Å². The van der Waals surface area contributed by atoms with E-state index in [1.165, 1.54) is 0 Å². The third kappa shape index (κ3) is 13.9. The summed E-state index contributed by atoms with van der Waals surface area (Å²) in [6.45, 7) is 4.02. The zero-order chi connectivity index (χ0) is 27.1. The first-order valence-electron chi connectivity index (χ1n) is 11.4. The molecule has 4 atom stereocenters. The van der Waals surface area contributed by atoms with Crippen LogP contribution in [0.2, 0.25) is 0 Å². The van der Waals surface area contributed by atoms with Crippen LogP contribution in [0.5, 0.6) is 0 Å². The molecule has 0 aromatic carbocycles. The summed E-state index contributed by atoms with van der Waals surface area (Å²) in [4.78, 5) is 71.9. The topological polar surface area (TPSA) is 257 Å².